The van der Waals surface area contributed by atoms with E-state index in [0.717, 1.165) is 24.2 Å². The molecule has 0 amide bonds. The average Bonchev–Trinajstić information content (AvgIpc) is 2.40. The maximum absolute atomic E-state index is 13.6. The van der Waals surface area contributed by atoms with Crippen molar-refractivity contribution in [2.45, 2.75) is 27.3 Å². The smallest absolute Gasteiger partial charge is 0.126 e. The van der Waals surface area contributed by atoms with Crippen molar-refractivity contribution in [2.24, 2.45) is 0 Å². The molecule has 0 unspecified atom stereocenters. The van der Waals surface area contributed by atoms with Crippen LogP contribution in [0.1, 0.15) is 23.6 Å². The first kappa shape index (κ1) is 13.8. The summed E-state index contributed by atoms with van der Waals surface area (Å²) in [6.45, 7) is 7.84. The van der Waals surface area contributed by atoms with Gasteiger partial charge < -0.3 is 5.32 Å². The molecule has 0 bridgehead atoms. The summed E-state index contributed by atoms with van der Waals surface area (Å²) in [7, 11) is 0. The molecule has 0 aliphatic rings. The predicted octanol–water partition coefficient (Wildman–Crippen LogP) is 4.22. The van der Waals surface area contributed by atoms with Crippen molar-refractivity contribution in [3.8, 4) is 11.1 Å². The lowest BCUT2D eigenvalue weighted by Gasteiger charge is -2.12. The molecule has 2 heteroatoms. The van der Waals surface area contributed by atoms with Crippen LogP contribution in [-0.2, 0) is 6.54 Å². The van der Waals surface area contributed by atoms with E-state index in [0.29, 0.717) is 5.56 Å². The summed E-state index contributed by atoms with van der Waals surface area (Å²) in [6, 6.07) is 11.6. The van der Waals surface area contributed by atoms with Gasteiger partial charge in [0.05, 0.1) is 0 Å². The molecule has 1 N–H and O–H groups in total. The summed E-state index contributed by atoms with van der Waals surface area (Å²) in [5, 5.41) is 3.31. The molecule has 0 aliphatic heterocycles. The molecule has 2 aromatic carbocycles. The van der Waals surface area contributed by atoms with E-state index in [4.69, 9.17) is 0 Å². The molecule has 0 fully saturated rings. The van der Waals surface area contributed by atoms with Gasteiger partial charge in [-0.2, -0.15) is 0 Å². The van der Waals surface area contributed by atoms with Gasteiger partial charge in [0.1, 0.15) is 5.82 Å². The number of benzene rings is 2. The van der Waals surface area contributed by atoms with Crippen LogP contribution >= 0.6 is 0 Å². The molecule has 2 aromatic rings. The van der Waals surface area contributed by atoms with E-state index < -0.39 is 0 Å². The van der Waals surface area contributed by atoms with Crippen molar-refractivity contribution in [3.05, 3.63) is 58.9 Å². The number of hydrogen-bond donors (Lipinski definition) is 1. The van der Waals surface area contributed by atoms with Crippen LogP contribution in [0.4, 0.5) is 4.39 Å². The Hall–Kier alpha value is -1.67. The number of rotatable bonds is 4. The van der Waals surface area contributed by atoms with Crippen molar-refractivity contribution in [3.63, 3.8) is 0 Å². The quantitative estimate of drug-likeness (QED) is 0.864. The standard InChI is InChI=1S/C17H20FN/c1-4-19-11-14-8-9-15(12(2)10-14)16-6-5-7-17(18)13(16)3/h5-10,19H,4,11H2,1-3H3. The van der Waals surface area contributed by atoms with E-state index in [1.54, 1.807) is 6.07 Å². The molecule has 0 spiro atoms. The van der Waals surface area contributed by atoms with Gasteiger partial charge in [-0.15, -0.1) is 0 Å². The second-order valence-corrected chi connectivity index (χ2v) is 4.84. The predicted molar refractivity (Wildman–Crippen MR) is 78.7 cm³/mol. The molecular weight excluding hydrogens is 237 g/mol. The fraction of sp³-hybridized carbons (Fsp3) is 0.294. The van der Waals surface area contributed by atoms with Crippen molar-refractivity contribution in [1.82, 2.24) is 5.32 Å². The fourth-order valence-corrected chi connectivity index (χ4v) is 2.31. The normalized spacial score (nSPS) is 10.7. The molecule has 0 radical (unpaired) electrons. The highest BCUT2D eigenvalue weighted by Crippen LogP contribution is 2.28. The Morgan fingerprint density at radius 3 is 2.53 bits per heavy atom. The zero-order chi connectivity index (χ0) is 13.8. The summed E-state index contributed by atoms with van der Waals surface area (Å²) in [4.78, 5) is 0. The number of aryl methyl sites for hydroxylation is 1. The molecule has 0 heterocycles. The Balaban J connectivity index is 2.38. The lowest BCUT2D eigenvalue weighted by Crippen LogP contribution is -2.11. The SMILES string of the molecule is CCNCc1ccc(-c2cccc(F)c2C)c(C)c1. The van der Waals surface area contributed by atoms with E-state index in [-0.39, 0.29) is 5.82 Å². The third-order valence-corrected chi connectivity index (χ3v) is 3.43. The van der Waals surface area contributed by atoms with Gasteiger partial charge in [0, 0.05) is 6.54 Å². The highest BCUT2D eigenvalue weighted by molar-refractivity contribution is 5.70. The largest absolute Gasteiger partial charge is 0.313 e. The lowest BCUT2D eigenvalue weighted by atomic mass is 9.95. The van der Waals surface area contributed by atoms with Crippen LogP contribution in [0.15, 0.2) is 36.4 Å². The molecule has 0 atom stereocenters. The Morgan fingerprint density at radius 1 is 1.05 bits per heavy atom. The van der Waals surface area contributed by atoms with E-state index in [1.165, 1.54) is 17.2 Å². The van der Waals surface area contributed by atoms with Gasteiger partial charge in [-0.3, -0.25) is 0 Å². The van der Waals surface area contributed by atoms with E-state index in [1.807, 2.05) is 13.0 Å². The van der Waals surface area contributed by atoms with E-state index in [9.17, 15) is 4.39 Å². The minimum absolute atomic E-state index is 0.145. The molecule has 19 heavy (non-hydrogen) atoms. The van der Waals surface area contributed by atoms with Crippen LogP contribution in [0.3, 0.4) is 0 Å². The first-order valence-corrected chi connectivity index (χ1v) is 6.69. The Morgan fingerprint density at radius 2 is 1.84 bits per heavy atom. The van der Waals surface area contributed by atoms with Gasteiger partial charge in [-0.05, 0) is 54.3 Å². The molecule has 2 rings (SSSR count). The molecule has 0 saturated heterocycles. The highest BCUT2D eigenvalue weighted by atomic mass is 19.1. The lowest BCUT2D eigenvalue weighted by molar-refractivity contribution is 0.619. The van der Waals surface area contributed by atoms with Gasteiger partial charge >= 0.3 is 0 Å². The summed E-state index contributed by atoms with van der Waals surface area (Å²) >= 11 is 0. The van der Waals surface area contributed by atoms with Crippen LogP contribution < -0.4 is 5.32 Å². The van der Waals surface area contributed by atoms with Gasteiger partial charge in [-0.1, -0.05) is 37.3 Å². The van der Waals surface area contributed by atoms with Gasteiger partial charge in [0.25, 0.3) is 0 Å². The average molecular weight is 257 g/mol. The van der Waals surface area contributed by atoms with Gasteiger partial charge in [-0.25, -0.2) is 4.39 Å². The van der Waals surface area contributed by atoms with Crippen molar-refractivity contribution < 1.29 is 4.39 Å². The zero-order valence-corrected chi connectivity index (χ0v) is 11.8. The summed E-state index contributed by atoms with van der Waals surface area (Å²) < 4.78 is 13.6. The Bertz CT molecular complexity index is 575. The van der Waals surface area contributed by atoms with Gasteiger partial charge in [0.2, 0.25) is 0 Å². The Kier molecular flexibility index (Phi) is 4.33. The van der Waals surface area contributed by atoms with Crippen LogP contribution in [0.2, 0.25) is 0 Å². The fourth-order valence-electron chi connectivity index (χ4n) is 2.31. The summed E-state index contributed by atoms with van der Waals surface area (Å²) in [6.07, 6.45) is 0. The number of hydrogen-bond acceptors (Lipinski definition) is 1. The maximum atomic E-state index is 13.6. The van der Waals surface area contributed by atoms with Crippen molar-refractivity contribution in [1.29, 1.82) is 0 Å². The third kappa shape index (κ3) is 3.02. The molecular formula is C17H20FN. The minimum Gasteiger partial charge on any atom is -0.313 e. The minimum atomic E-state index is -0.145. The molecule has 0 aromatic heterocycles. The monoisotopic (exact) mass is 257 g/mol. The molecule has 0 aliphatic carbocycles. The van der Waals surface area contributed by atoms with Gasteiger partial charge in [0.15, 0.2) is 0 Å². The second-order valence-electron chi connectivity index (χ2n) is 4.84. The topological polar surface area (TPSA) is 12.0 Å². The molecule has 100 valence electrons. The van der Waals surface area contributed by atoms with E-state index >= 15 is 0 Å². The van der Waals surface area contributed by atoms with Crippen LogP contribution in [0.5, 0.6) is 0 Å². The van der Waals surface area contributed by atoms with Crippen LogP contribution in [0, 0.1) is 19.7 Å². The molecule has 1 nitrogen and oxygen atoms in total. The first-order valence-electron chi connectivity index (χ1n) is 6.69. The number of halogens is 1. The van der Waals surface area contributed by atoms with Crippen LogP contribution in [-0.4, -0.2) is 6.54 Å². The maximum Gasteiger partial charge on any atom is 0.126 e. The zero-order valence-electron chi connectivity index (χ0n) is 11.8. The highest BCUT2D eigenvalue weighted by Gasteiger charge is 2.08. The second kappa shape index (κ2) is 5.98. The third-order valence-electron chi connectivity index (χ3n) is 3.43. The summed E-state index contributed by atoms with van der Waals surface area (Å²) in [5.74, 6) is -0.145. The van der Waals surface area contributed by atoms with Crippen LogP contribution in [0.25, 0.3) is 11.1 Å². The Labute approximate surface area is 114 Å². The van der Waals surface area contributed by atoms with E-state index in [2.05, 4.69) is 37.4 Å². The first-order chi connectivity index (χ1) is 9.13. The summed E-state index contributed by atoms with van der Waals surface area (Å²) in [5.41, 5.74) is 5.25. The number of nitrogens with one attached hydrogen (secondary N) is 1. The van der Waals surface area contributed by atoms with Crippen molar-refractivity contribution in [2.75, 3.05) is 6.54 Å². The molecule has 0 saturated carbocycles. The van der Waals surface area contributed by atoms with Crippen molar-refractivity contribution >= 4 is 0 Å².